The lowest BCUT2D eigenvalue weighted by Crippen LogP contribution is -2.49. The number of rotatable bonds is 5. The Bertz CT molecular complexity index is 1280. The normalized spacial score (nSPS) is 18.6. The highest BCUT2D eigenvalue weighted by Gasteiger charge is 2.32. The lowest BCUT2D eigenvalue weighted by molar-refractivity contribution is -0.120. The van der Waals surface area contributed by atoms with Gasteiger partial charge in [-0.25, -0.2) is 9.78 Å². The number of fused-ring (bicyclic) bond motifs is 1. The van der Waals surface area contributed by atoms with Crippen molar-refractivity contribution in [2.75, 3.05) is 11.9 Å². The number of aliphatic hydroxyl groups is 1. The van der Waals surface area contributed by atoms with Crippen LogP contribution in [0.15, 0.2) is 48.3 Å². The second-order valence-electron chi connectivity index (χ2n) is 9.08. The third-order valence-electron chi connectivity index (χ3n) is 6.51. The van der Waals surface area contributed by atoms with Crippen molar-refractivity contribution in [2.24, 2.45) is 0 Å². The maximum atomic E-state index is 13.8. The number of likely N-dealkylation sites (N-methyl/N-ethyl adjacent to an activating group) is 1. The monoisotopic (exact) mass is 489 g/mol. The first-order valence-electron chi connectivity index (χ1n) is 11.8. The largest absolute Gasteiger partial charge is 0.378 e. The van der Waals surface area contributed by atoms with Crippen molar-refractivity contribution in [3.8, 4) is 11.8 Å². The van der Waals surface area contributed by atoms with E-state index in [1.54, 1.807) is 19.2 Å². The summed E-state index contributed by atoms with van der Waals surface area (Å²) in [5.74, 6) is 5.06. The molecule has 8 nitrogen and oxygen atoms in total. The Labute approximate surface area is 209 Å². The highest BCUT2D eigenvalue weighted by atomic mass is 19.1. The minimum Gasteiger partial charge on any atom is -0.378 e. The van der Waals surface area contributed by atoms with Gasteiger partial charge >= 0.3 is 6.03 Å². The Balaban J connectivity index is 1.40. The Morgan fingerprint density at radius 3 is 2.89 bits per heavy atom. The van der Waals surface area contributed by atoms with Crippen molar-refractivity contribution in [1.29, 1.82) is 5.41 Å². The van der Waals surface area contributed by atoms with Crippen LogP contribution in [0.5, 0.6) is 0 Å². The van der Waals surface area contributed by atoms with Gasteiger partial charge in [-0.3, -0.25) is 4.79 Å². The number of carbonyl (C=O) groups excluding carboxylic acids is 2. The average molecular weight is 490 g/mol. The predicted molar refractivity (Wildman–Crippen MR) is 134 cm³/mol. The summed E-state index contributed by atoms with van der Waals surface area (Å²) in [6, 6.07) is 7.44. The molecule has 1 atom stereocenters. The van der Waals surface area contributed by atoms with E-state index in [0.29, 0.717) is 42.4 Å². The Hall–Kier alpha value is -4.03. The molecule has 9 heteroatoms. The highest BCUT2D eigenvalue weighted by molar-refractivity contribution is 6.00. The van der Waals surface area contributed by atoms with Crippen molar-refractivity contribution in [1.82, 2.24) is 15.6 Å². The molecule has 0 unspecified atom stereocenters. The van der Waals surface area contributed by atoms with Gasteiger partial charge in [0.2, 0.25) is 11.9 Å². The van der Waals surface area contributed by atoms with Crippen molar-refractivity contribution in [2.45, 2.75) is 50.2 Å². The number of carbonyl (C=O) groups is 2. The van der Waals surface area contributed by atoms with Gasteiger partial charge in [0.1, 0.15) is 11.6 Å². The quantitative estimate of drug-likeness (QED) is 0.293. The van der Waals surface area contributed by atoms with Gasteiger partial charge in [0.25, 0.3) is 0 Å². The molecule has 1 aromatic carbocycles. The number of hydrogen-bond donors (Lipinski definition) is 4. The molecule has 1 fully saturated rings. The lowest BCUT2D eigenvalue weighted by atomic mass is 9.81. The van der Waals surface area contributed by atoms with Crippen LogP contribution in [-0.2, 0) is 17.6 Å². The molecule has 1 saturated carbocycles. The molecule has 0 saturated heterocycles. The maximum absolute atomic E-state index is 13.8. The van der Waals surface area contributed by atoms with Crippen LogP contribution >= 0.6 is 0 Å². The standard InChI is InChI=1S/C27H28FN5O3/c1-33-23-15-18(9-12-27(36)10-3-11-27)5-6-20(23)7-8-22(25(33)34)32-26(35)31-17-19(16-29)14-21-4-2-13-30-24(21)28/h2,4-6,13,15-17,22,29,36H,3,7-8,10-11,14H2,1H3,(H2,31,32,35)/b19-17-,29-16?/t22-/m0/s1. The highest BCUT2D eigenvalue weighted by Crippen LogP contribution is 2.31. The molecule has 1 aliphatic carbocycles. The second-order valence-corrected chi connectivity index (χ2v) is 9.08. The van der Waals surface area contributed by atoms with Crippen molar-refractivity contribution in [3.63, 3.8) is 0 Å². The zero-order chi connectivity index (χ0) is 25.7. The number of allylic oxidation sites excluding steroid dienone is 1. The fourth-order valence-corrected chi connectivity index (χ4v) is 4.17. The zero-order valence-corrected chi connectivity index (χ0v) is 20.0. The zero-order valence-electron chi connectivity index (χ0n) is 20.0. The van der Waals surface area contributed by atoms with E-state index < -0.39 is 23.6 Å². The molecule has 4 N–H and O–H groups in total. The number of benzene rings is 1. The molecule has 2 aliphatic rings. The Morgan fingerprint density at radius 2 is 2.19 bits per heavy atom. The number of pyridine rings is 1. The molecular weight excluding hydrogens is 461 g/mol. The third-order valence-corrected chi connectivity index (χ3v) is 6.51. The van der Waals surface area contributed by atoms with Crippen LogP contribution in [0.3, 0.4) is 0 Å². The molecule has 4 rings (SSSR count). The minimum atomic E-state index is -0.908. The summed E-state index contributed by atoms with van der Waals surface area (Å²) in [6.45, 7) is 0. The van der Waals surface area contributed by atoms with Crippen LogP contribution in [0.1, 0.15) is 42.4 Å². The number of amides is 3. The number of nitrogens with zero attached hydrogens (tertiary/aromatic N) is 2. The van der Waals surface area contributed by atoms with Gasteiger partial charge in [0.15, 0.2) is 0 Å². The van der Waals surface area contributed by atoms with Gasteiger partial charge in [-0.2, -0.15) is 4.39 Å². The van der Waals surface area contributed by atoms with Gasteiger partial charge in [-0.05, 0) is 61.4 Å². The first-order chi connectivity index (χ1) is 17.3. The fraction of sp³-hybridized carbons (Fsp3) is 0.333. The van der Waals surface area contributed by atoms with Crippen LogP contribution in [0.25, 0.3) is 0 Å². The van der Waals surface area contributed by atoms with Gasteiger partial charge in [0.05, 0.1) is 0 Å². The van der Waals surface area contributed by atoms with E-state index in [2.05, 4.69) is 27.5 Å². The number of halogens is 1. The molecule has 1 aromatic heterocycles. The molecular formula is C27H28FN5O3. The van der Waals surface area contributed by atoms with Crippen LogP contribution < -0.4 is 15.5 Å². The Morgan fingerprint density at radius 1 is 1.39 bits per heavy atom. The van der Waals surface area contributed by atoms with E-state index in [9.17, 15) is 19.1 Å². The summed E-state index contributed by atoms with van der Waals surface area (Å²) in [7, 11) is 1.66. The van der Waals surface area contributed by atoms with Crippen LogP contribution in [0, 0.1) is 23.2 Å². The number of anilines is 1. The molecule has 0 radical (unpaired) electrons. The molecule has 2 aromatic rings. The van der Waals surface area contributed by atoms with Crippen LogP contribution in [0.2, 0.25) is 0 Å². The number of urea groups is 1. The molecule has 36 heavy (non-hydrogen) atoms. The first kappa shape index (κ1) is 25.1. The van der Waals surface area contributed by atoms with Gasteiger partial charge in [-0.1, -0.05) is 24.0 Å². The van der Waals surface area contributed by atoms with Crippen LogP contribution in [0.4, 0.5) is 14.9 Å². The van der Waals surface area contributed by atoms with Crippen molar-refractivity contribution < 1.29 is 19.1 Å². The van der Waals surface area contributed by atoms with E-state index >= 15 is 0 Å². The van der Waals surface area contributed by atoms with Crippen molar-refractivity contribution in [3.05, 3.63) is 70.9 Å². The predicted octanol–water partition coefficient (Wildman–Crippen LogP) is 2.84. The van der Waals surface area contributed by atoms with E-state index in [0.717, 1.165) is 23.9 Å². The minimum absolute atomic E-state index is 0.0898. The van der Waals surface area contributed by atoms with E-state index in [1.165, 1.54) is 17.3 Å². The van der Waals surface area contributed by atoms with E-state index in [4.69, 9.17) is 5.41 Å². The summed E-state index contributed by atoms with van der Waals surface area (Å²) in [4.78, 5) is 30.7. The molecule has 186 valence electrons. The smallest absolute Gasteiger partial charge is 0.319 e. The molecule has 0 spiro atoms. The first-order valence-corrected chi connectivity index (χ1v) is 11.8. The summed E-state index contributed by atoms with van der Waals surface area (Å²) in [5.41, 5.74) is 2.17. The summed E-state index contributed by atoms with van der Waals surface area (Å²) in [6.07, 6.45) is 7.08. The third kappa shape index (κ3) is 5.78. The number of aromatic nitrogens is 1. The van der Waals surface area contributed by atoms with Gasteiger partial charge in [-0.15, -0.1) is 0 Å². The van der Waals surface area contributed by atoms with E-state index in [1.807, 2.05) is 18.2 Å². The Kier molecular flexibility index (Phi) is 7.46. The molecule has 0 bridgehead atoms. The number of hydrogen-bond acceptors (Lipinski definition) is 5. The van der Waals surface area contributed by atoms with Crippen LogP contribution in [-0.4, -0.2) is 46.9 Å². The summed E-state index contributed by atoms with van der Waals surface area (Å²) in [5, 5.41) is 23.0. The fourth-order valence-electron chi connectivity index (χ4n) is 4.17. The maximum Gasteiger partial charge on any atom is 0.319 e. The SMILES string of the molecule is CN1C(=O)[C@@H](NC(=O)N/C=C(\C=N)Cc2cccnc2F)CCc2ccc(C#CC3(O)CCC3)cc21. The summed E-state index contributed by atoms with van der Waals surface area (Å²) < 4.78 is 13.8. The topological polar surface area (TPSA) is 118 Å². The molecule has 3 amide bonds. The molecule has 1 aliphatic heterocycles. The van der Waals surface area contributed by atoms with Gasteiger partial charge < -0.3 is 26.0 Å². The summed E-state index contributed by atoms with van der Waals surface area (Å²) >= 11 is 0. The number of aryl methyl sites for hydroxylation is 1. The molecule has 2 heterocycles. The second kappa shape index (κ2) is 10.7. The number of nitrogens with one attached hydrogen (secondary N) is 3. The van der Waals surface area contributed by atoms with Crippen molar-refractivity contribution >= 4 is 23.8 Å². The van der Waals surface area contributed by atoms with Gasteiger partial charge in [0, 0.05) is 48.9 Å². The van der Waals surface area contributed by atoms with E-state index in [-0.39, 0.29) is 12.3 Å². The lowest BCUT2D eigenvalue weighted by Gasteiger charge is -2.30. The average Bonchev–Trinajstić information content (AvgIpc) is 2.97.